The molecule has 0 saturated heterocycles. The van der Waals surface area contributed by atoms with Crippen molar-refractivity contribution in [2.24, 2.45) is 5.10 Å². The van der Waals surface area contributed by atoms with Gasteiger partial charge in [0, 0.05) is 5.02 Å². The number of sulfonamides is 1. The number of hydrogen-bond donors (Lipinski definition) is 1. The number of benzene rings is 2. The zero-order valence-electron chi connectivity index (χ0n) is 12.9. The molecule has 0 aliphatic heterocycles. The lowest BCUT2D eigenvalue weighted by atomic mass is 10.1. The maximum absolute atomic E-state index is 12.3. The fourth-order valence-corrected chi connectivity index (χ4v) is 2.98. The summed E-state index contributed by atoms with van der Waals surface area (Å²) in [7, 11) is -3.70. The molecule has 0 aliphatic carbocycles. The predicted octanol–water partition coefficient (Wildman–Crippen LogP) is 4.21. The van der Waals surface area contributed by atoms with E-state index in [9.17, 15) is 8.42 Å². The number of nitrogens with zero attached hydrogens (tertiary/aromatic N) is 1. The van der Waals surface area contributed by atoms with Crippen LogP contribution in [-0.4, -0.2) is 14.1 Å². The topological polar surface area (TPSA) is 58.5 Å². The number of unbranched alkanes of at least 4 members (excludes halogenated alkanes) is 1. The minimum absolute atomic E-state index is 0.133. The van der Waals surface area contributed by atoms with Crippen LogP contribution >= 0.6 is 11.6 Å². The molecule has 0 spiro atoms. The number of rotatable bonds is 7. The lowest BCUT2D eigenvalue weighted by Crippen LogP contribution is -2.20. The third-order valence-electron chi connectivity index (χ3n) is 3.30. The molecule has 0 amide bonds. The molecule has 2 rings (SSSR count). The molecule has 4 nitrogen and oxygen atoms in total. The highest BCUT2D eigenvalue weighted by Gasteiger charge is 2.13. The van der Waals surface area contributed by atoms with Crippen LogP contribution in [0.2, 0.25) is 5.02 Å². The van der Waals surface area contributed by atoms with Crippen LogP contribution in [0.4, 0.5) is 0 Å². The van der Waals surface area contributed by atoms with Gasteiger partial charge in [0.15, 0.2) is 0 Å². The van der Waals surface area contributed by atoms with Crippen molar-refractivity contribution in [2.45, 2.75) is 31.1 Å². The Morgan fingerprint density at radius 2 is 1.74 bits per heavy atom. The van der Waals surface area contributed by atoms with Crippen LogP contribution in [0.5, 0.6) is 0 Å². The molecule has 0 radical (unpaired) electrons. The smallest absolute Gasteiger partial charge is 0.200 e. The van der Waals surface area contributed by atoms with Gasteiger partial charge in [0.25, 0.3) is 10.0 Å². The van der Waals surface area contributed by atoms with E-state index in [1.165, 1.54) is 24.3 Å². The molecule has 0 aliphatic rings. The Morgan fingerprint density at radius 1 is 1.09 bits per heavy atom. The van der Waals surface area contributed by atoms with Gasteiger partial charge in [-0.25, -0.2) is 0 Å². The Hall–Kier alpha value is -1.85. The summed E-state index contributed by atoms with van der Waals surface area (Å²) in [5.74, 6) is 0. The summed E-state index contributed by atoms with van der Waals surface area (Å²) in [4.78, 5) is 2.45. The second-order valence-corrected chi connectivity index (χ2v) is 7.17. The van der Waals surface area contributed by atoms with E-state index in [2.05, 4.69) is 16.9 Å². The van der Waals surface area contributed by atoms with Crippen molar-refractivity contribution in [1.29, 1.82) is 0 Å². The fourth-order valence-electron chi connectivity index (χ4n) is 2.02. The van der Waals surface area contributed by atoms with Crippen molar-refractivity contribution >= 4 is 27.3 Å². The second-order valence-electron chi connectivity index (χ2n) is 5.08. The minimum Gasteiger partial charge on any atom is -0.200 e. The van der Waals surface area contributed by atoms with Gasteiger partial charge in [-0.15, -0.1) is 0 Å². The molecule has 1 N–H and O–H groups in total. The van der Waals surface area contributed by atoms with Gasteiger partial charge < -0.3 is 0 Å². The number of hydrazone groups is 1. The highest BCUT2D eigenvalue weighted by atomic mass is 35.5. The quantitative estimate of drug-likeness (QED) is 0.600. The molecule has 2 aromatic carbocycles. The summed E-state index contributed by atoms with van der Waals surface area (Å²) in [6.07, 6.45) is 2.66. The molecule has 0 atom stereocenters. The first-order valence-electron chi connectivity index (χ1n) is 7.42. The van der Waals surface area contributed by atoms with Gasteiger partial charge >= 0.3 is 0 Å². The number of hydrogen-bond acceptors (Lipinski definition) is 3. The first kappa shape index (κ1) is 17.5. The molecule has 6 heteroatoms. The van der Waals surface area contributed by atoms with Crippen molar-refractivity contribution in [2.75, 3.05) is 0 Å². The van der Waals surface area contributed by atoms with Crippen molar-refractivity contribution in [3.8, 4) is 0 Å². The summed E-state index contributed by atoms with van der Waals surface area (Å²) < 4.78 is 24.6. The van der Waals surface area contributed by atoms with E-state index in [1.54, 1.807) is 0 Å². The summed E-state index contributed by atoms with van der Waals surface area (Å²) in [6, 6.07) is 15.6. The van der Waals surface area contributed by atoms with Gasteiger partial charge in [-0.1, -0.05) is 55.3 Å². The van der Waals surface area contributed by atoms with Gasteiger partial charge in [-0.2, -0.15) is 18.4 Å². The van der Waals surface area contributed by atoms with Crippen LogP contribution in [0.1, 0.15) is 31.7 Å². The van der Waals surface area contributed by atoms with Gasteiger partial charge in [-0.05, 0) is 42.7 Å². The van der Waals surface area contributed by atoms with Gasteiger partial charge in [-0.3, -0.25) is 0 Å². The Morgan fingerprint density at radius 3 is 2.35 bits per heavy atom. The van der Waals surface area contributed by atoms with E-state index in [0.717, 1.165) is 24.1 Å². The number of halogens is 1. The lowest BCUT2D eigenvalue weighted by molar-refractivity contribution is 0.584. The van der Waals surface area contributed by atoms with Gasteiger partial charge in [0.2, 0.25) is 0 Å². The predicted molar refractivity (Wildman–Crippen MR) is 94.3 cm³/mol. The average Bonchev–Trinajstić information content (AvgIpc) is 2.56. The third-order valence-corrected chi connectivity index (χ3v) is 4.78. The zero-order chi connectivity index (χ0) is 16.7. The SMILES string of the molecule is CCCCC(=NNS(=O)(=O)c1ccc(Cl)cc1)c1ccccc1. The fraction of sp³-hybridized carbons (Fsp3) is 0.235. The Labute approximate surface area is 142 Å². The van der Waals surface area contributed by atoms with E-state index in [-0.39, 0.29) is 4.90 Å². The third kappa shape index (κ3) is 5.08. The average molecular weight is 351 g/mol. The van der Waals surface area contributed by atoms with Crippen molar-refractivity contribution < 1.29 is 8.42 Å². The normalized spacial score (nSPS) is 12.2. The summed E-state index contributed by atoms with van der Waals surface area (Å²) in [5, 5.41) is 4.63. The molecular weight excluding hydrogens is 332 g/mol. The molecule has 122 valence electrons. The van der Waals surface area contributed by atoms with E-state index in [0.29, 0.717) is 11.4 Å². The van der Waals surface area contributed by atoms with E-state index in [4.69, 9.17) is 11.6 Å². The minimum atomic E-state index is -3.70. The summed E-state index contributed by atoms with van der Waals surface area (Å²) >= 11 is 5.78. The molecule has 0 unspecified atom stereocenters. The standard InChI is InChI=1S/C17H19ClN2O2S/c1-2-3-9-17(14-7-5-4-6-8-14)19-20-23(21,22)16-12-10-15(18)11-13-16/h4-8,10-13,20H,2-3,9H2,1H3. The molecule has 0 saturated carbocycles. The van der Waals surface area contributed by atoms with Gasteiger partial charge in [0.1, 0.15) is 0 Å². The van der Waals surface area contributed by atoms with E-state index >= 15 is 0 Å². The molecule has 2 aromatic rings. The number of nitrogens with one attached hydrogen (secondary N) is 1. The van der Waals surface area contributed by atoms with E-state index in [1.807, 2.05) is 30.3 Å². The molecule has 0 heterocycles. The van der Waals surface area contributed by atoms with Gasteiger partial charge in [0.05, 0.1) is 10.6 Å². The van der Waals surface area contributed by atoms with E-state index < -0.39 is 10.0 Å². The monoisotopic (exact) mass is 350 g/mol. The summed E-state index contributed by atoms with van der Waals surface area (Å²) in [5.41, 5.74) is 1.64. The highest BCUT2D eigenvalue weighted by Crippen LogP contribution is 2.14. The lowest BCUT2D eigenvalue weighted by Gasteiger charge is -2.08. The Bertz CT molecular complexity index is 757. The van der Waals surface area contributed by atoms with Crippen LogP contribution in [0.25, 0.3) is 0 Å². The molecule has 0 aromatic heterocycles. The molecule has 0 fully saturated rings. The van der Waals surface area contributed by atoms with Crippen LogP contribution < -0.4 is 4.83 Å². The largest absolute Gasteiger partial charge is 0.276 e. The first-order chi connectivity index (χ1) is 11.0. The van der Waals surface area contributed by atoms with Crippen LogP contribution in [-0.2, 0) is 10.0 Å². The first-order valence-corrected chi connectivity index (χ1v) is 9.28. The maximum Gasteiger partial charge on any atom is 0.276 e. The van der Waals surface area contributed by atoms with Crippen molar-refractivity contribution in [3.63, 3.8) is 0 Å². The Balaban J connectivity index is 2.23. The van der Waals surface area contributed by atoms with Crippen LogP contribution in [0.15, 0.2) is 64.6 Å². The van der Waals surface area contributed by atoms with Crippen LogP contribution in [0.3, 0.4) is 0 Å². The second kappa shape index (κ2) is 8.13. The maximum atomic E-state index is 12.3. The Kier molecular flexibility index (Phi) is 6.19. The summed E-state index contributed by atoms with van der Waals surface area (Å²) in [6.45, 7) is 2.08. The zero-order valence-corrected chi connectivity index (χ0v) is 14.4. The molecule has 23 heavy (non-hydrogen) atoms. The van der Waals surface area contributed by atoms with Crippen molar-refractivity contribution in [3.05, 3.63) is 65.2 Å². The van der Waals surface area contributed by atoms with Crippen LogP contribution in [0, 0.1) is 0 Å². The molecular formula is C17H19ClN2O2S. The van der Waals surface area contributed by atoms with Crippen molar-refractivity contribution in [1.82, 2.24) is 4.83 Å². The molecule has 0 bridgehead atoms. The highest BCUT2D eigenvalue weighted by molar-refractivity contribution is 7.89.